The van der Waals surface area contributed by atoms with Gasteiger partial charge in [0.25, 0.3) is 0 Å². The molecule has 2 aromatic heterocycles. The molecule has 0 aliphatic rings. The van der Waals surface area contributed by atoms with Crippen LogP contribution < -0.4 is 5.32 Å². The van der Waals surface area contributed by atoms with Gasteiger partial charge in [-0.1, -0.05) is 18.3 Å². The highest BCUT2D eigenvalue weighted by Crippen LogP contribution is 2.24. The highest BCUT2D eigenvalue weighted by Gasteiger charge is 2.10. The maximum atomic E-state index is 4.30. The first-order chi connectivity index (χ1) is 7.35. The van der Waals surface area contributed by atoms with E-state index in [1.165, 1.54) is 11.3 Å². The second-order valence-corrected chi connectivity index (χ2v) is 4.08. The van der Waals surface area contributed by atoms with Gasteiger partial charge in [0.15, 0.2) is 10.8 Å². The first-order valence-electron chi connectivity index (χ1n) is 4.88. The molecule has 0 amide bonds. The van der Waals surface area contributed by atoms with Crippen molar-refractivity contribution in [3.8, 4) is 10.8 Å². The maximum absolute atomic E-state index is 4.30. The number of hydrogen-bond donors (Lipinski definition) is 1. The third kappa shape index (κ3) is 1.99. The highest BCUT2D eigenvalue weighted by atomic mass is 32.1. The van der Waals surface area contributed by atoms with E-state index < -0.39 is 0 Å². The van der Waals surface area contributed by atoms with E-state index in [9.17, 15) is 0 Å². The molecule has 0 aliphatic heterocycles. The Kier molecular flexibility index (Phi) is 2.96. The van der Waals surface area contributed by atoms with Crippen molar-refractivity contribution in [2.45, 2.75) is 19.9 Å². The Morgan fingerprint density at radius 3 is 3.00 bits per heavy atom. The molecule has 6 heteroatoms. The van der Waals surface area contributed by atoms with E-state index in [1.54, 1.807) is 6.20 Å². The summed E-state index contributed by atoms with van der Waals surface area (Å²) >= 11 is 1.51. The number of aromatic nitrogens is 4. The van der Waals surface area contributed by atoms with Crippen molar-refractivity contribution in [3.05, 3.63) is 12.4 Å². The predicted molar refractivity (Wildman–Crippen MR) is 61.0 cm³/mol. The normalized spacial score (nSPS) is 10.5. The first-order valence-corrected chi connectivity index (χ1v) is 5.69. The molecule has 0 fully saturated rings. The van der Waals surface area contributed by atoms with E-state index in [0.717, 1.165) is 28.9 Å². The number of rotatable bonds is 4. The topological polar surface area (TPSA) is 55.6 Å². The van der Waals surface area contributed by atoms with Gasteiger partial charge >= 0.3 is 0 Å². The van der Waals surface area contributed by atoms with Gasteiger partial charge in [0.2, 0.25) is 5.13 Å². The van der Waals surface area contributed by atoms with Crippen LogP contribution >= 0.6 is 11.3 Å². The van der Waals surface area contributed by atoms with E-state index in [0.29, 0.717) is 0 Å². The van der Waals surface area contributed by atoms with Gasteiger partial charge in [-0.2, -0.15) is 0 Å². The molecule has 0 aliphatic carbocycles. The molecule has 0 saturated heterocycles. The van der Waals surface area contributed by atoms with Gasteiger partial charge in [-0.25, -0.2) is 4.98 Å². The minimum absolute atomic E-state index is 0.816. The van der Waals surface area contributed by atoms with E-state index >= 15 is 0 Å². The van der Waals surface area contributed by atoms with Crippen molar-refractivity contribution in [3.63, 3.8) is 0 Å². The van der Waals surface area contributed by atoms with Gasteiger partial charge in [-0.05, 0) is 6.42 Å². The van der Waals surface area contributed by atoms with Crippen molar-refractivity contribution in [2.75, 3.05) is 12.4 Å². The van der Waals surface area contributed by atoms with E-state index in [1.807, 2.05) is 13.2 Å². The summed E-state index contributed by atoms with van der Waals surface area (Å²) in [5, 5.41) is 12.7. The largest absolute Gasteiger partial charge is 0.363 e. The lowest BCUT2D eigenvalue weighted by molar-refractivity contribution is 0.684. The van der Waals surface area contributed by atoms with Crippen LogP contribution in [0.3, 0.4) is 0 Å². The van der Waals surface area contributed by atoms with E-state index in [4.69, 9.17) is 0 Å². The Balaban J connectivity index is 2.31. The molecule has 2 rings (SSSR count). The van der Waals surface area contributed by atoms with Crippen LogP contribution in [0.25, 0.3) is 10.8 Å². The Morgan fingerprint density at radius 1 is 1.47 bits per heavy atom. The highest BCUT2D eigenvalue weighted by molar-refractivity contribution is 7.18. The van der Waals surface area contributed by atoms with Gasteiger partial charge in [0, 0.05) is 26.0 Å². The van der Waals surface area contributed by atoms with Gasteiger partial charge in [-0.3, -0.25) is 0 Å². The molecule has 1 N–H and O–H groups in total. The van der Waals surface area contributed by atoms with Gasteiger partial charge < -0.3 is 9.88 Å². The molecule has 5 nitrogen and oxygen atoms in total. The summed E-state index contributed by atoms with van der Waals surface area (Å²) in [7, 11) is 1.84. The SMILES string of the molecule is CCCn1ccnc1-c1nnc(NC)s1. The van der Waals surface area contributed by atoms with Crippen molar-refractivity contribution in [1.82, 2.24) is 19.7 Å². The van der Waals surface area contributed by atoms with Crippen LogP contribution in [0.15, 0.2) is 12.4 Å². The zero-order chi connectivity index (χ0) is 10.7. The summed E-state index contributed by atoms with van der Waals surface area (Å²) in [5.74, 6) is 0.899. The number of imidazole rings is 1. The van der Waals surface area contributed by atoms with E-state index in [2.05, 4.69) is 32.0 Å². The molecular formula is C9H13N5S. The molecule has 0 unspecified atom stereocenters. The maximum Gasteiger partial charge on any atom is 0.205 e. The molecule has 0 aromatic carbocycles. The monoisotopic (exact) mass is 223 g/mol. The van der Waals surface area contributed by atoms with Crippen molar-refractivity contribution in [1.29, 1.82) is 0 Å². The number of nitrogens with zero attached hydrogens (tertiary/aromatic N) is 4. The standard InChI is InChI=1S/C9H13N5S/c1-3-5-14-6-4-11-7(14)8-12-13-9(10-2)15-8/h4,6H,3,5H2,1-2H3,(H,10,13). The van der Waals surface area contributed by atoms with Crippen LogP contribution in [0.2, 0.25) is 0 Å². The fourth-order valence-corrected chi connectivity index (χ4v) is 2.05. The number of aryl methyl sites for hydroxylation is 1. The quantitative estimate of drug-likeness (QED) is 0.859. The number of nitrogens with one attached hydrogen (secondary N) is 1. The minimum atomic E-state index is 0.816. The molecule has 0 atom stereocenters. The van der Waals surface area contributed by atoms with Gasteiger partial charge in [0.1, 0.15) is 0 Å². The molecule has 2 aromatic rings. The molecule has 15 heavy (non-hydrogen) atoms. The first kappa shape index (κ1) is 10.1. The van der Waals surface area contributed by atoms with Crippen molar-refractivity contribution >= 4 is 16.5 Å². The third-order valence-corrected chi connectivity index (χ3v) is 2.95. The Morgan fingerprint density at radius 2 is 2.33 bits per heavy atom. The van der Waals surface area contributed by atoms with Crippen LogP contribution in [0, 0.1) is 0 Å². The Hall–Kier alpha value is -1.43. The molecular weight excluding hydrogens is 210 g/mol. The second kappa shape index (κ2) is 4.39. The fraction of sp³-hybridized carbons (Fsp3) is 0.444. The van der Waals surface area contributed by atoms with Crippen LogP contribution in [0.1, 0.15) is 13.3 Å². The summed E-state index contributed by atoms with van der Waals surface area (Å²) in [6, 6.07) is 0. The summed E-state index contributed by atoms with van der Waals surface area (Å²) in [6.07, 6.45) is 4.85. The predicted octanol–water partition coefficient (Wildman–Crippen LogP) is 1.85. The van der Waals surface area contributed by atoms with Crippen LogP contribution in [0.4, 0.5) is 5.13 Å². The summed E-state index contributed by atoms with van der Waals surface area (Å²) in [5.41, 5.74) is 0. The van der Waals surface area contributed by atoms with Crippen molar-refractivity contribution in [2.24, 2.45) is 0 Å². The summed E-state index contributed by atoms with van der Waals surface area (Å²) < 4.78 is 2.10. The minimum Gasteiger partial charge on any atom is -0.363 e. The Labute approximate surface area is 92.2 Å². The Bertz CT molecular complexity index is 433. The number of anilines is 1. The molecule has 0 bridgehead atoms. The lowest BCUT2D eigenvalue weighted by Gasteiger charge is -2.01. The van der Waals surface area contributed by atoms with E-state index in [-0.39, 0.29) is 0 Å². The zero-order valence-corrected chi connectivity index (χ0v) is 9.58. The third-order valence-electron chi connectivity index (χ3n) is 2.01. The van der Waals surface area contributed by atoms with Gasteiger partial charge in [0.05, 0.1) is 0 Å². The average molecular weight is 223 g/mol. The molecule has 0 saturated carbocycles. The second-order valence-electron chi connectivity index (χ2n) is 3.11. The lowest BCUT2D eigenvalue weighted by Crippen LogP contribution is -1.97. The molecule has 0 radical (unpaired) electrons. The van der Waals surface area contributed by atoms with Crippen LogP contribution in [-0.2, 0) is 6.54 Å². The summed E-state index contributed by atoms with van der Waals surface area (Å²) in [6.45, 7) is 3.10. The smallest absolute Gasteiger partial charge is 0.205 e. The molecule has 80 valence electrons. The molecule has 2 heterocycles. The lowest BCUT2D eigenvalue weighted by atomic mass is 10.4. The van der Waals surface area contributed by atoms with Gasteiger partial charge in [-0.15, -0.1) is 10.2 Å². The molecule has 0 spiro atoms. The number of hydrogen-bond acceptors (Lipinski definition) is 5. The fourth-order valence-electron chi connectivity index (χ4n) is 1.34. The van der Waals surface area contributed by atoms with Crippen molar-refractivity contribution < 1.29 is 0 Å². The van der Waals surface area contributed by atoms with Crippen LogP contribution in [-0.4, -0.2) is 26.8 Å². The average Bonchev–Trinajstić information content (AvgIpc) is 2.85. The van der Waals surface area contributed by atoms with Crippen LogP contribution in [0.5, 0.6) is 0 Å². The summed E-state index contributed by atoms with van der Waals surface area (Å²) in [4.78, 5) is 4.30. The zero-order valence-electron chi connectivity index (χ0n) is 8.77.